The van der Waals surface area contributed by atoms with Gasteiger partial charge in [0, 0.05) is 32.7 Å². The summed E-state index contributed by atoms with van der Waals surface area (Å²) in [6, 6.07) is 4.22. The van der Waals surface area contributed by atoms with E-state index in [4.69, 9.17) is 9.47 Å². The number of nitrogens with one attached hydrogen (secondary N) is 1. The van der Waals surface area contributed by atoms with Gasteiger partial charge in [-0.25, -0.2) is 16.8 Å². The minimum absolute atomic E-state index is 0.0272. The van der Waals surface area contributed by atoms with Gasteiger partial charge in [-0.2, -0.15) is 8.61 Å². The van der Waals surface area contributed by atoms with Crippen molar-refractivity contribution in [1.82, 2.24) is 8.61 Å². The zero-order valence-electron chi connectivity index (χ0n) is 15.3. The smallest absolute Gasteiger partial charge is 0.245 e. The second-order valence-corrected chi connectivity index (χ2v) is 10.1. The molecule has 0 bridgehead atoms. The number of sulfonamides is 2. The van der Waals surface area contributed by atoms with Crippen LogP contribution in [0.15, 0.2) is 28.0 Å². The Morgan fingerprint density at radius 2 is 1.41 bits per heavy atom. The molecule has 0 spiro atoms. The molecule has 2 saturated heterocycles. The van der Waals surface area contributed by atoms with Gasteiger partial charge in [0.25, 0.3) is 0 Å². The number of anilines is 1. The monoisotopic (exact) mass is 419 g/mol. The molecule has 0 radical (unpaired) electrons. The Labute approximate surface area is 160 Å². The predicted molar refractivity (Wildman–Crippen MR) is 99.8 cm³/mol. The molecule has 27 heavy (non-hydrogen) atoms. The zero-order chi connectivity index (χ0) is 19.5. The van der Waals surface area contributed by atoms with Crippen molar-refractivity contribution in [3.63, 3.8) is 0 Å². The fourth-order valence-corrected chi connectivity index (χ4v) is 6.19. The predicted octanol–water partition coefficient (Wildman–Crippen LogP) is 0.160. The van der Waals surface area contributed by atoms with Crippen LogP contribution in [0.25, 0.3) is 0 Å². The van der Waals surface area contributed by atoms with Gasteiger partial charge in [0.1, 0.15) is 4.90 Å². The number of nitrogens with zero attached hydrogens (tertiary/aromatic N) is 2. The number of ether oxygens (including phenoxy) is 2. The first-order valence-electron chi connectivity index (χ1n) is 8.91. The van der Waals surface area contributed by atoms with E-state index in [1.54, 1.807) is 0 Å². The standard InChI is InChI=1S/C16H25N3O6S2/c1-2-17-15-4-3-14(26(20,21)18-5-9-24-10-6-18)13-16(15)27(22,23)19-7-11-25-12-8-19/h3-4,13,17H,2,5-12H2,1H3. The molecule has 0 unspecified atom stereocenters. The quantitative estimate of drug-likeness (QED) is 0.700. The minimum atomic E-state index is -3.85. The summed E-state index contributed by atoms with van der Waals surface area (Å²) in [7, 11) is -7.63. The largest absolute Gasteiger partial charge is 0.384 e. The van der Waals surface area contributed by atoms with Gasteiger partial charge < -0.3 is 14.8 Å². The van der Waals surface area contributed by atoms with E-state index in [9.17, 15) is 16.8 Å². The number of benzene rings is 1. The normalized spacial score (nSPS) is 20.5. The van der Waals surface area contributed by atoms with Crippen LogP contribution in [0.5, 0.6) is 0 Å². The van der Waals surface area contributed by atoms with Crippen LogP contribution < -0.4 is 5.32 Å². The molecular weight excluding hydrogens is 394 g/mol. The maximum atomic E-state index is 13.1. The third kappa shape index (κ3) is 4.28. The van der Waals surface area contributed by atoms with Crippen LogP contribution in [0.4, 0.5) is 5.69 Å². The van der Waals surface area contributed by atoms with Gasteiger partial charge in [0.05, 0.1) is 37.0 Å². The average Bonchev–Trinajstić information content (AvgIpc) is 2.69. The Hall–Kier alpha value is -1.24. The van der Waals surface area contributed by atoms with E-state index in [0.29, 0.717) is 38.7 Å². The summed E-state index contributed by atoms with van der Waals surface area (Å²) < 4.78 is 65.2. The van der Waals surface area contributed by atoms with Crippen LogP contribution in [-0.2, 0) is 29.5 Å². The van der Waals surface area contributed by atoms with E-state index >= 15 is 0 Å². The second kappa shape index (κ2) is 8.41. The molecule has 2 aliphatic heterocycles. The third-order valence-corrected chi connectivity index (χ3v) is 8.35. The summed E-state index contributed by atoms with van der Waals surface area (Å²) in [6.07, 6.45) is 0. The highest BCUT2D eigenvalue weighted by molar-refractivity contribution is 7.90. The molecule has 2 fully saturated rings. The van der Waals surface area contributed by atoms with Crippen LogP contribution in [0.2, 0.25) is 0 Å². The Morgan fingerprint density at radius 3 is 1.93 bits per heavy atom. The van der Waals surface area contributed by atoms with Crippen LogP contribution in [0.1, 0.15) is 6.92 Å². The van der Waals surface area contributed by atoms with Crippen LogP contribution in [0.3, 0.4) is 0 Å². The van der Waals surface area contributed by atoms with Gasteiger partial charge in [-0.1, -0.05) is 0 Å². The molecule has 0 atom stereocenters. The van der Waals surface area contributed by atoms with Crippen LogP contribution in [-0.4, -0.2) is 84.6 Å². The summed E-state index contributed by atoms with van der Waals surface area (Å²) in [5.74, 6) is 0. The molecule has 0 aromatic heterocycles. The van der Waals surface area contributed by atoms with E-state index in [0.717, 1.165) is 0 Å². The van der Waals surface area contributed by atoms with Crippen molar-refractivity contribution in [3.8, 4) is 0 Å². The molecule has 0 saturated carbocycles. The van der Waals surface area contributed by atoms with Crippen molar-refractivity contribution in [2.45, 2.75) is 16.7 Å². The fourth-order valence-electron chi connectivity index (χ4n) is 3.08. The highest BCUT2D eigenvalue weighted by atomic mass is 32.2. The van der Waals surface area contributed by atoms with Gasteiger partial charge in [-0.05, 0) is 25.1 Å². The summed E-state index contributed by atoms with van der Waals surface area (Å²) in [4.78, 5) is -0.0570. The lowest BCUT2D eigenvalue weighted by Gasteiger charge is -2.28. The highest BCUT2D eigenvalue weighted by Crippen LogP contribution is 2.29. The summed E-state index contributed by atoms with van der Waals surface area (Å²) in [6.45, 7) is 4.66. The minimum Gasteiger partial charge on any atom is -0.384 e. The van der Waals surface area contributed by atoms with Crippen molar-refractivity contribution in [2.24, 2.45) is 0 Å². The van der Waals surface area contributed by atoms with Gasteiger partial charge in [-0.3, -0.25) is 0 Å². The van der Waals surface area contributed by atoms with Crippen molar-refractivity contribution in [1.29, 1.82) is 0 Å². The number of hydrogen-bond acceptors (Lipinski definition) is 7. The van der Waals surface area contributed by atoms with E-state index in [1.165, 1.54) is 26.8 Å². The molecule has 0 amide bonds. The van der Waals surface area contributed by atoms with Gasteiger partial charge >= 0.3 is 0 Å². The Bertz CT molecular complexity index is 860. The lowest BCUT2D eigenvalue weighted by Crippen LogP contribution is -2.41. The van der Waals surface area contributed by atoms with Gasteiger partial charge in [-0.15, -0.1) is 0 Å². The van der Waals surface area contributed by atoms with E-state index in [2.05, 4.69) is 5.32 Å². The molecule has 0 aliphatic carbocycles. The molecule has 11 heteroatoms. The first-order valence-corrected chi connectivity index (χ1v) is 11.8. The maximum Gasteiger partial charge on any atom is 0.245 e. The first-order chi connectivity index (χ1) is 12.9. The van der Waals surface area contributed by atoms with Crippen molar-refractivity contribution >= 4 is 25.7 Å². The SMILES string of the molecule is CCNc1ccc(S(=O)(=O)N2CCOCC2)cc1S(=O)(=O)N1CCOCC1. The third-order valence-electron chi connectivity index (χ3n) is 4.52. The van der Waals surface area contributed by atoms with Gasteiger partial charge in [0.15, 0.2) is 0 Å². The summed E-state index contributed by atoms with van der Waals surface area (Å²) >= 11 is 0. The Kier molecular flexibility index (Phi) is 6.39. The van der Waals surface area contributed by atoms with E-state index in [-0.39, 0.29) is 36.0 Å². The van der Waals surface area contributed by atoms with E-state index in [1.807, 2.05) is 6.92 Å². The second-order valence-electron chi connectivity index (χ2n) is 6.22. The van der Waals surface area contributed by atoms with Crippen molar-refractivity contribution in [3.05, 3.63) is 18.2 Å². The molecule has 152 valence electrons. The fraction of sp³-hybridized carbons (Fsp3) is 0.625. The lowest BCUT2D eigenvalue weighted by atomic mass is 10.3. The number of rotatable bonds is 6. The Balaban J connectivity index is 2.02. The molecule has 2 aliphatic rings. The maximum absolute atomic E-state index is 13.1. The Morgan fingerprint density at radius 1 is 0.889 bits per heavy atom. The molecular formula is C16H25N3O6S2. The molecule has 9 nitrogen and oxygen atoms in total. The van der Waals surface area contributed by atoms with Crippen molar-refractivity contribution in [2.75, 3.05) is 64.5 Å². The van der Waals surface area contributed by atoms with Crippen LogP contribution >= 0.6 is 0 Å². The number of hydrogen-bond donors (Lipinski definition) is 1. The summed E-state index contributed by atoms with van der Waals surface area (Å²) in [5, 5.41) is 3.01. The van der Waals surface area contributed by atoms with Crippen LogP contribution in [0, 0.1) is 0 Å². The molecule has 3 rings (SSSR count). The van der Waals surface area contributed by atoms with E-state index < -0.39 is 20.0 Å². The average molecular weight is 420 g/mol. The highest BCUT2D eigenvalue weighted by Gasteiger charge is 2.32. The molecule has 1 aromatic rings. The topological polar surface area (TPSA) is 105 Å². The molecule has 2 heterocycles. The molecule has 1 N–H and O–H groups in total. The number of morpholine rings is 2. The molecule has 1 aromatic carbocycles. The first kappa shape index (κ1) is 20.5. The van der Waals surface area contributed by atoms with Gasteiger partial charge in [0.2, 0.25) is 20.0 Å². The summed E-state index contributed by atoms with van der Waals surface area (Å²) in [5.41, 5.74) is 0.393. The van der Waals surface area contributed by atoms with Crippen molar-refractivity contribution < 1.29 is 26.3 Å². The zero-order valence-corrected chi connectivity index (χ0v) is 16.9. The lowest BCUT2D eigenvalue weighted by molar-refractivity contribution is 0.0729.